The molecule has 3 fully saturated rings. The Kier molecular flexibility index (Phi) is 11.2. The molecule has 302 valence electrons. The van der Waals surface area contributed by atoms with Gasteiger partial charge < -0.3 is 44.1 Å². The highest BCUT2D eigenvalue weighted by Gasteiger charge is 2.48. The Balaban J connectivity index is 1.07. The molecule has 13 nitrogen and oxygen atoms in total. The molecule has 1 amide bonds. The minimum Gasteiger partial charge on any atom is -0.489 e. The smallest absolute Gasteiger partial charge is 0.340 e. The minimum absolute atomic E-state index is 0.00888. The van der Waals surface area contributed by atoms with Crippen molar-refractivity contribution in [1.29, 1.82) is 0 Å². The van der Waals surface area contributed by atoms with Crippen molar-refractivity contribution in [3.05, 3.63) is 101 Å². The van der Waals surface area contributed by atoms with Gasteiger partial charge in [-0.1, -0.05) is 49.1 Å². The maximum Gasteiger partial charge on any atom is 0.340 e. The van der Waals surface area contributed by atoms with Crippen LogP contribution < -0.4 is 9.64 Å². The summed E-state index contributed by atoms with van der Waals surface area (Å²) in [4.78, 5) is 43.9. The number of carbonyl (C=O) groups excluding carboxylic acids is 2. The highest BCUT2D eigenvalue weighted by Crippen LogP contribution is 2.38. The van der Waals surface area contributed by atoms with Gasteiger partial charge in [0.2, 0.25) is 12.2 Å². The van der Waals surface area contributed by atoms with Crippen molar-refractivity contribution in [2.24, 2.45) is 0 Å². The number of rotatable bonds is 10. The van der Waals surface area contributed by atoms with Gasteiger partial charge in [-0.3, -0.25) is 4.79 Å². The number of imidazole rings is 1. The zero-order chi connectivity index (χ0) is 40.7. The predicted molar refractivity (Wildman–Crippen MR) is 210 cm³/mol. The minimum atomic E-state index is -1.94. The molecule has 3 heterocycles. The highest BCUT2D eigenvalue weighted by molar-refractivity contribution is 6.30. The Hall–Kier alpha value is -5.38. The number of nitrogens with zero attached hydrogens (tertiary/aromatic N) is 3. The molecule has 5 aromatic rings. The van der Waals surface area contributed by atoms with E-state index in [0.717, 1.165) is 60.9 Å². The van der Waals surface area contributed by atoms with Crippen LogP contribution in [-0.4, -0.2) is 85.1 Å². The Bertz CT molecular complexity index is 2360. The first-order chi connectivity index (χ1) is 28.0. The summed E-state index contributed by atoms with van der Waals surface area (Å²) in [5.74, 6) is -2.49. The SMILES string of the molecule is O=C(O[C@@H]1O[C@H](C(=O)O)[C@@H](O)[C@H](O)[C@H]1O)c1ccc2c(c1)nc(-c1ccc(OCc3cc(N4CCCC4=O)ccc3-c3ccc(Cl)cc3)cc1F)n2C1CCCCC1. The van der Waals surface area contributed by atoms with E-state index in [-0.39, 0.29) is 35.4 Å². The van der Waals surface area contributed by atoms with Gasteiger partial charge in [0.1, 0.15) is 42.3 Å². The summed E-state index contributed by atoms with van der Waals surface area (Å²) in [5, 5.41) is 40.5. The molecule has 0 spiro atoms. The molecule has 58 heavy (non-hydrogen) atoms. The average molecular weight is 814 g/mol. The Morgan fingerprint density at radius 1 is 0.879 bits per heavy atom. The fourth-order valence-electron chi connectivity index (χ4n) is 8.08. The Labute approximate surface area is 337 Å². The summed E-state index contributed by atoms with van der Waals surface area (Å²) < 4.78 is 34.9. The second kappa shape index (κ2) is 16.5. The van der Waals surface area contributed by atoms with Crippen molar-refractivity contribution in [2.75, 3.05) is 11.4 Å². The van der Waals surface area contributed by atoms with Crippen LogP contribution >= 0.6 is 11.6 Å². The molecule has 2 saturated heterocycles. The number of carboxylic acid groups (broad SMARTS) is 1. The van der Waals surface area contributed by atoms with E-state index in [1.807, 2.05) is 34.9 Å². The number of anilines is 1. The van der Waals surface area contributed by atoms with E-state index in [4.69, 9.17) is 30.8 Å². The first-order valence-electron chi connectivity index (χ1n) is 19.2. The number of benzene rings is 4. The molecule has 15 heteroatoms. The molecule has 0 unspecified atom stereocenters. The molecular formula is C43H41ClFN3O10. The van der Waals surface area contributed by atoms with Crippen molar-refractivity contribution in [3.8, 4) is 28.3 Å². The predicted octanol–water partition coefficient (Wildman–Crippen LogP) is 6.42. The quantitative estimate of drug-likeness (QED) is 0.114. The van der Waals surface area contributed by atoms with Gasteiger partial charge in [-0.15, -0.1) is 0 Å². The van der Waals surface area contributed by atoms with Crippen molar-refractivity contribution in [3.63, 3.8) is 0 Å². The standard InChI is InChI=1S/C43H41ClFN3O10/c44-26-11-8-23(9-12-26)30-15-13-28(47-18-4-7-35(47)49)19-25(30)22-56-29-14-16-31(32(45)21-29)40-46-33-20-24(10-17-34(33)48(40)27-5-2-1-3-6-27)42(55)58-43-38(52)36(50)37(51)39(57-43)41(53)54/h8-17,19-21,27,36-39,43,50-52H,1-7,18,22H2,(H,53,54)/t36-,37-,38+,39-,43-/m0/s1. The summed E-state index contributed by atoms with van der Waals surface area (Å²) in [6.07, 6.45) is -3.61. The molecule has 1 saturated carbocycles. The number of aliphatic hydroxyl groups excluding tert-OH is 3. The van der Waals surface area contributed by atoms with E-state index in [9.17, 15) is 34.8 Å². The number of carboxylic acids is 1. The molecule has 0 radical (unpaired) electrons. The summed E-state index contributed by atoms with van der Waals surface area (Å²) in [5.41, 5.74) is 4.59. The van der Waals surface area contributed by atoms with Crippen molar-refractivity contribution in [1.82, 2.24) is 9.55 Å². The number of hydrogen-bond donors (Lipinski definition) is 4. The summed E-state index contributed by atoms with van der Waals surface area (Å²) in [6, 6.07) is 22.4. The number of hydrogen-bond acceptors (Lipinski definition) is 10. The molecule has 0 bridgehead atoms. The maximum absolute atomic E-state index is 16.3. The first-order valence-corrected chi connectivity index (χ1v) is 19.6. The first kappa shape index (κ1) is 39.4. The van der Waals surface area contributed by atoms with Crippen LogP contribution in [0.3, 0.4) is 0 Å². The number of amides is 1. The number of fused-ring (bicyclic) bond motifs is 1. The number of halogens is 2. The van der Waals surface area contributed by atoms with Gasteiger partial charge in [-0.25, -0.2) is 19.0 Å². The molecule has 4 N–H and O–H groups in total. The van der Waals surface area contributed by atoms with Crippen LogP contribution in [0, 0.1) is 5.82 Å². The number of carbonyl (C=O) groups is 3. The second-order valence-electron chi connectivity index (χ2n) is 14.9. The molecule has 2 aliphatic heterocycles. The third-order valence-electron chi connectivity index (χ3n) is 11.1. The van der Waals surface area contributed by atoms with E-state index >= 15 is 4.39 Å². The van der Waals surface area contributed by atoms with E-state index in [1.165, 1.54) is 18.2 Å². The van der Waals surface area contributed by atoms with Gasteiger partial charge in [0, 0.05) is 35.8 Å². The number of esters is 1. The largest absolute Gasteiger partial charge is 0.489 e. The molecule has 3 aliphatic rings. The van der Waals surface area contributed by atoms with Crippen molar-refractivity contribution < 1.29 is 53.4 Å². The third-order valence-corrected chi connectivity index (χ3v) is 11.4. The summed E-state index contributed by atoms with van der Waals surface area (Å²) in [7, 11) is 0. The molecule has 1 aliphatic carbocycles. The van der Waals surface area contributed by atoms with E-state index < -0.39 is 48.5 Å². The number of ether oxygens (including phenoxy) is 3. The number of aliphatic hydroxyl groups is 3. The number of aromatic nitrogens is 2. The van der Waals surface area contributed by atoms with Crippen molar-refractivity contribution >= 4 is 46.2 Å². The molecule has 8 rings (SSSR count). The molecule has 4 aromatic carbocycles. The lowest BCUT2D eigenvalue weighted by Gasteiger charge is -2.37. The van der Waals surface area contributed by atoms with Gasteiger partial charge in [0.15, 0.2) is 6.10 Å². The van der Waals surface area contributed by atoms with Crippen LogP contribution in [0.25, 0.3) is 33.5 Å². The zero-order valence-corrected chi connectivity index (χ0v) is 31.9. The van der Waals surface area contributed by atoms with E-state index in [2.05, 4.69) is 0 Å². The van der Waals surface area contributed by atoms with E-state index in [0.29, 0.717) is 34.8 Å². The lowest BCUT2D eigenvalue weighted by Crippen LogP contribution is -2.60. The maximum atomic E-state index is 16.3. The monoisotopic (exact) mass is 813 g/mol. The lowest BCUT2D eigenvalue weighted by atomic mass is 9.94. The van der Waals surface area contributed by atoms with Crippen LogP contribution in [0.1, 0.15) is 66.9 Å². The molecule has 5 atom stereocenters. The number of aliphatic carboxylic acids is 1. The van der Waals surface area contributed by atoms with Gasteiger partial charge in [-0.05, 0) is 90.6 Å². The third kappa shape index (κ3) is 7.77. The topological polar surface area (TPSA) is 181 Å². The Morgan fingerprint density at radius 2 is 1.64 bits per heavy atom. The summed E-state index contributed by atoms with van der Waals surface area (Å²) >= 11 is 6.16. The van der Waals surface area contributed by atoms with Gasteiger partial charge in [-0.2, -0.15) is 0 Å². The van der Waals surface area contributed by atoms with Crippen LogP contribution in [0.15, 0.2) is 78.9 Å². The molecule has 1 aromatic heterocycles. The van der Waals surface area contributed by atoms with Gasteiger partial charge in [0.05, 0.1) is 22.2 Å². The van der Waals surface area contributed by atoms with Crippen LogP contribution in [0.5, 0.6) is 5.75 Å². The Morgan fingerprint density at radius 3 is 2.34 bits per heavy atom. The van der Waals surface area contributed by atoms with Crippen LogP contribution in [-0.2, 0) is 25.7 Å². The lowest BCUT2D eigenvalue weighted by molar-refractivity contribution is -0.278. The summed E-state index contributed by atoms with van der Waals surface area (Å²) in [6.45, 7) is 0.722. The highest BCUT2D eigenvalue weighted by atomic mass is 35.5. The fraction of sp³-hybridized carbons (Fsp3) is 0.349. The second-order valence-corrected chi connectivity index (χ2v) is 15.3. The molecular weight excluding hydrogens is 773 g/mol. The van der Waals surface area contributed by atoms with E-state index in [1.54, 1.807) is 35.2 Å². The normalized spacial score (nSPS) is 22.7. The van der Waals surface area contributed by atoms with Crippen LogP contribution in [0.2, 0.25) is 5.02 Å². The van der Waals surface area contributed by atoms with Crippen LogP contribution in [0.4, 0.5) is 10.1 Å². The fourth-order valence-corrected chi connectivity index (χ4v) is 8.20. The zero-order valence-electron chi connectivity index (χ0n) is 31.2. The van der Waals surface area contributed by atoms with Crippen molar-refractivity contribution in [2.45, 2.75) is 88.3 Å². The van der Waals surface area contributed by atoms with Gasteiger partial charge >= 0.3 is 11.9 Å². The average Bonchev–Trinajstić information content (AvgIpc) is 3.83. The van der Waals surface area contributed by atoms with Gasteiger partial charge in [0.25, 0.3) is 0 Å².